The fourth-order valence-electron chi connectivity index (χ4n) is 2.46. The average Bonchev–Trinajstić information content (AvgIpc) is 2.54. The zero-order valence-electron chi connectivity index (χ0n) is 12.4. The van der Waals surface area contributed by atoms with E-state index in [9.17, 15) is 18.0 Å². The van der Waals surface area contributed by atoms with Crippen molar-refractivity contribution in [3.63, 3.8) is 0 Å². The maximum absolute atomic E-state index is 12.5. The molecular weight excluding hydrogens is 332 g/mol. The summed E-state index contributed by atoms with van der Waals surface area (Å²) in [6.45, 7) is 0. The van der Waals surface area contributed by atoms with E-state index < -0.39 is 16.0 Å². The highest BCUT2D eigenvalue weighted by Gasteiger charge is 2.20. The van der Waals surface area contributed by atoms with Crippen LogP contribution in [0.3, 0.4) is 0 Å². The molecule has 8 heteroatoms. The number of benzene rings is 2. The van der Waals surface area contributed by atoms with Crippen molar-refractivity contribution in [2.24, 2.45) is 0 Å². The molecule has 0 aromatic heterocycles. The first kappa shape index (κ1) is 16.0. The van der Waals surface area contributed by atoms with Crippen molar-refractivity contribution in [2.45, 2.75) is 17.7 Å². The number of carboxylic acids is 1. The van der Waals surface area contributed by atoms with Crippen molar-refractivity contribution >= 4 is 33.3 Å². The summed E-state index contributed by atoms with van der Waals surface area (Å²) < 4.78 is 27.3. The number of carbonyl (C=O) groups excluding carboxylic acids is 1. The van der Waals surface area contributed by atoms with Crippen LogP contribution < -0.4 is 10.0 Å². The number of carbonyl (C=O) groups is 2. The predicted octanol–water partition coefficient (Wildman–Crippen LogP) is 2.07. The Hall–Kier alpha value is -2.87. The molecule has 1 amide bonds. The van der Waals surface area contributed by atoms with Crippen LogP contribution in [0.15, 0.2) is 47.4 Å². The fraction of sp³-hybridized carbons (Fsp3) is 0.125. The summed E-state index contributed by atoms with van der Waals surface area (Å²) in [6, 6.07) is 10.0. The highest BCUT2D eigenvalue weighted by atomic mass is 32.2. The van der Waals surface area contributed by atoms with Gasteiger partial charge in [-0.15, -0.1) is 0 Å². The van der Waals surface area contributed by atoms with Gasteiger partial charge < -0.3 is 10.4 Å². The molecule has 1 aliphatic heterocycles. The summed E-state index contributed by atoms with van der Waals surface area (Å²) in [5.74, 6) is -1.23. The van der Waals surface area contributed by atoms with E-state index in [1.807, 2.05) is 0 Å². The molecule has 0 unspecified atom stereocenters. The van der Waals surface area contributed by atoms with Crippen molar-refractivity contribution in [3.8, 4) is 0 Å². The molecule has 0 radical (unpaired) electrons. The van der Waals surface area contributed by atoms with Crippen LogP contribution in [0.1, 0.15) is 22.3 Å². The number of rotatable bonds is 4. The topological polar surface area (TPSA) is 113 Å². The number of fused-ring (bicyclic) bond motifs is 1. The molecule has 0 bridgehead atoms. The van der Waals surface area contributed by atoms with Gasteiger partial charge >= 0.3 is 5.97 Å². The molecular formula is C16H14N2O5S. The minimum atomic E-state index is -3.86. The molecule has 0 saturated carbocycles. The van der Waals surface area contributed by atoms with E-state index in [-0.39, 0.29) is 22.1 Å². The lowest BCUT2D eigenvalue weighted by Crippen LogP contribution is -2.20. The Balaban J connectivity index is 1.90. The van der Waals surface area contributed by atoms with Crippen molar-refractivity contribution in [2.75, 3.05) is 10.0 Å². The molecule has 2 aromatic rings. The highest BCUT2D eigenvalue weighted by molar-refractivity contribution is 7.92. The summed E-state index contributed by atoms with van der Waals surface area (Å²) in [7, 11) is -3.86. The number of sulfonamides is 1. The number of hydrogen-bond donors (Lipinski definition) is 3. The molecule has 3 N–H and O–H groups in total. The average molecular weight is 346 g/mol. The molecule has 1 heterocycles. The van der Waals surface area contributed by atoms with Gasteiger partial charge in [0.25, 0.3) is 10.0 Å². The Morgan fingerprint density at radius 1 is 1.12 bits per heavy atom. The third-order valence-corrected chi connectivity index (χ3v) is 5.02. The van der Waals surface area contributed by atoms with Gasteiger partial charge in [-0.2, -0.15) is 0 Å². The van der Waals surface area contributed by atoms with Gasteiger partial charge in [0.05, 0.1) is 10.5 Å². The van der Waals surface area contributed by atoms with Gasteiger partial charge in [-0.25, -0.2) is 13.2 Å². The third-order valence-electron chi connectivity index (χ3n) is 3.64. The van der Waals surface area contributed by atoms with Gasteiger partial charge in [-0.3, -0.25) is 9.52 Å². The van der Waals surface area contributed by atoms with Crippen molar-refractivity contribution in [1.29, 1.82) is 0 Å². The lowest BCUT2D eigenvalue weighted by molar-refractivity contribution is -0.116. The van der Waals surface area contributed by atoms with Gasteiger partial charge in [-0.05, 0) is 48.4 Å². The fourth-order valence-corrected chi connectivity index (χ4v) is 3.56. The van der Waals surface area contributed by atoms with Crippen LogP contribution in [0.4, 0.5) is 11.4 Å². The summed E-state index contributed by atoms with van der Waals surface area (Å²) in [5, 5.41) is 11.7. The van der Waals surface area contributed by atoms with Crippen LogP contribution >= 0.6 is 0 Å². The number of carboxylic acid groups (broad SMARTS) is 1. The second kappa shape index (κ2) is 5.97. The molecule has 0 saturated heterocycles. The van der Waals surface area contributed by atoms with Crippen LogP contribution in [0.25, 0.3) is 0 Å². The quantitative estimate of drug-likeness (QED) is 0.784. The van der Waals surface area contributed by atoms with E-state index in [4.69, 9.17) is 5.11 Å². The van der Waals surface area contributed by atoms with E-state index in [1.165, 1.54) is 36.4 Å². The Kier molecular flexibility index (Phi) is 3.98. The first-order valence-electron chi connectivity index (χ1n) is 7.14. The number of nitrogens with one attached hydrogen (secondary N) is 2. The molecule has 0 aliphatic carbocycles. The number of hydrogen-bond acceptors (Lipinski definition) is 4. The van der Waals surface area contributed by atoms with Gasteiger partial charge in [-0.1, -0.05) is 6.07 Å². The van der Waals surface area contributed by atoms with E-state index in [2.05, 4.69) is 10.0 Å². The molecule has 1 aliphatic rings. The maximum atomic E-state index is 12.5. The molecule has 24 heavy (non-hydrogen) atoms. The molecule has 3 rings (SSSR count). The molecule has 0 atom stereocenters. The third kappa shape index (κ3) is 3.23. The van der Waals surface area contributed by atoms with Crippen LogP contribution in [-0.4, -0.2) is 25.4 Å². The number of amides is 1. The van der Waals surface area contributed by atoms with Crippen LogP contribution in [-0.2, 0) is 21.2 Å². The minimum absolute atomic E-state index is 0.0108. The standard InChI is InChI=1S/C16H14N2O5S/c19-15-7-4-10-9-13(5-6-14(10)17-15)24(22,23)18-12-3-1-2-11(8-12)16(20)21/h1-3,5-6,8-9,18H,4,7H2,(H,17,19)(H,20,21). The van der Waals surface area contributed by atoms with E-state index in [1.54, 1.807) is 6.07 Å². The van der Waals surface area contributed by atoms with E-state index in [0.717, 1.165) is 5.56 Å². The van der Waals surface area contributed by atoms with Crippen molar-refractivity contribution < 1.29 is 23.1 Å². The predicted molar refractivity (Wildman–Crippen MR) is 87.6 cm³/mol. The maximum Gasteiger partial charge on any atom is 0.335 e. The zero-order valence-corrected chi connectivity index (χ0v) is 13.3. The summed E-state index contributed by atoms with van der Waals surface area (Å²) >= 11 is 0. The Morgan fingerprint density at radius 2 is 1.92 bits per heavy atom. The normalized spacial score (nSPS) is 13.8. The molecule has 124 valence electrons. The van der Waals surface area contributed by atoms with E-state index >= 15 is 0 Å². The minimum Gasteiger partial charge on any atom is -0.478 e. The Morgan fingerprint density at radius 3 is 2.67 bits per heavy atom. The van der Waals surface area contributed by atoms with Crippen LogP contribution in [0, 0.1) is 0 Å². The molecule has 2 aromatic carbocycles. The van der Waals surface area contributed by atoms with Gasteiger partial charge in [0.1, 0.15) is 0 Å². The van der Waals surface area contributed by atoms with Gasteiger partial charge in [0.15, 0.2) is 0 Å². The lowest BCUT2D eigenvalue weighted by Gasteiger charge is -2.18. The smallest absolute Gasteiger partial charge is 0.335 e. The lowest BCUT2D eigenvalue weighted by atomic mass is 10.0. The van der Waals surface area contributed by atoms with E-state index in [0.29, 0.717) is 18.5 Å². The largest absolute Gasteiger partial charge is 0.478 e. The van der Waals surface area contributed by atoms with Gasteiger partial charge in [0, 0.05) is 17.8 Å². The molecule has 0 fully saturated rings. The first-order chi connectivity index (χ1) is 11.3. The highest BCUT2D eigenvalue weighted by Crippen LogP contribution is 2.26. The first-order valence-corrected chi connectivity index (χ1v) is 8.62. The van der Waals surface area contributed by atoms with Crippen LogP contribution in [0.5, 0.6) is 0 Å². The van der Waals surface area contributed by atoms with Crippen LogP contribution in [0.2, 0.25) is 0 Å². The number of aromatic carboxylic acids is 1. The Bertz CT molecular complexity index is 937. The number of aryl methyl sites for hydroxylation is 1. The SMILES string of the molecule is O=C1CCc2cc(S(=O)(=O)Nc3cccc(C(=O)O)c3)ccc2N1. The second-order valence-electron chi connectivity index (χ2n) is 5.36. The number of anilines is 2. The second-order valence-corrected chi connectivity index (χ2v) is 7.04. The van der Waals surface area contributed by atoms with Gasteiger partial charge in [0.2, 0.25) is 5.91 Å². The van der Waals surface area contributed by atoms with Crippen molar-refractivity contribution in [1.82, 2.24) is 0 Å². The summed E-state index contributed by atoms with van der Waals surface area (Å²) in [6.07, 6.45) is 0.781. The molecule has 7 nitrogen and oxygen atoms in total. The molecule has 0 spiro atoms. The monoisotopic (exact) mass is 346 g/mol. The Labute approximate surface area is 138 Å². The summed E-state index contributed by atoms with van der Waals surface area (Å²) in [5.41, 5.74) is 1.51. The summed E-state index contributed by atoms with van der Waals surface area (Å²) in [4.78, 5) is 22.4. The van der Waals surface area contributed by atoms with Crippen molar-refractivity contribution in [3.05, 3.63) is 53.6 Å². The zero-order chi connectivity index (χ0) is 17.3.